The normalized spacial score (nSPS) is 11.9. The molecule has 0 radical (unpaired) electrons. The summed E-state index contributed by atoms with van der Waals surface area (Å²) in [6.07, 6.45) is 0. The van der Waals surface area contributed by atoms with Gasteiger partial charge in [-0.3, -0.25) is 4.79 Å². The summed E-state index contributed by atoms with van der Waals surface area (Å²) in [4.78, 5) is 10.8. The summed E-state index contributed by atoms with van der Waals surface area (Å²) in [6, 6.07) is 4.28. The van der Waals surface area contributed by atoms with E-state index in [0.29, 0.717) is 0 Å². The van der Waals surface area contributed by atoms with Crippen LogP contribution in [0.4, 0.5) is 4.39 Å². The number of nitriles is 1. The quantitative estimate of drug-likeness (QED) is 0.824. The molecule has 0 spiro atoms. The number of amides is 1. The zero-order chi connectivity index (χ0) is 14.8. The van der Waals surface area contributed by atoms with Crippen LogP contribution in [0.15, 0.2) is 23.1 Å². The number of hydrogen-bond donors (Lipinski definition) is 2. The molecule has 0 atom stereocenters. The minimum absolute atomic E-state index is 0.320. The fraction of sp³-hybridized carbons (Fsp3) is 0.273. The van der Waals surface area contributed by atoms with E-state index in [9.17, 15) is 17.6 Å². The average Bonchev–Trinajstić information content (AvgIpc) is 2.27. The van der Waals surface area contributed by atoms with Gasteiger partial charge in [-0.1, -0.05) is 0 Å². The number of nitrogens with zero attached hydrogens (tertiary/aromatic N) is 1. The highest BCUT2D eigenvalue weighted by atomic mass is 32.2. The Balaban J connectivity index is 3.23. The Hall–Kier alpha value is -1.98. The van der Waals surface area contributed by atoms with Crippen molar-refractivity contribution in [1.29, 1.82) is 5.26 Å². The van der Waals surface area contributed by atoms with Crippen molar-refractivity contribution in [1.82, 2.24) is 4.72 Å². The first-order valence-corrected chi connectivity index (χ1v) is 6.62. The lowest BCUT2D eigenvalue weighted by Gasteiger charge is -2.22. The molecule has 6 nitrogen and oxygen atoms in total. The Kier molecular flexibility index (Phi) is 3.93. The molecule has 0 saturated carbocycles. The van der Waals surface area contributed by atoms with E-state index in [-0.39, 0.29) is 4.90 Å². The highest BCUT2D eigenvalue weighted by molar-refractivity contribution is 7.89. The van der Waals surface area contributed by atoms with Crippen molar-refractivity contribution in [3.8, 4) is 6.07 Å². The number of primary amides is 1. The molecule has 19 heavy (non-hydrogen) atoms. The monoisotopic (exact) mass is 285 g/mol. The first-order valence-electron chi connectivity index (χ1n) is 5.14. The predicted octanol–water partition coefficient (Wildman–Crippen LogP) is 0.240. The number of carbonyl (C=O) groups excluding carboxylic acids is 1. The van der Waals surface area contributed by atoms with Gasteiger partial charge in [-0.05, 0) is 32.0 Å². The van der Waals surface area contributed by atoms with Gasteiger partial charge in [0.15, 0.2) is 0 Å². The minimum atomic E-state index is -4.08. The van der Waals surface area contributed by atoms with Crippen LogP contribution >= 0.6 is 0 Å². The highest BCUT2D eigenvalue weighted by Gasteiger charge is 2.31. The zero-order valence-electron chi connectivity index (χ0n) is 10.3. The molecule has 1 aromatic carbocycles. The van der Waals surface area contributed by atoms with E-state index in [2.05, 4.69) is 4.72 Å². The summed E-state index contributed by atoms with van der Waals surface area (Å²) in [5.74, 6) is -1.69. The van der Waals surface area contributed by atoms with Crippen molar-refractivity contribution < 1.29 is 17.6 Å². The van der Waals surface area contributed by atoms with Crippen LogP contribution < -0.4 is 10.5 Å². The summed E-state index contributed by atoms with van der Waals surface area (Å²) >= 11 is 0. The number of nitrogens with one attached hydrogen (secondary N) is 1. The first kappa shape index (κ1) is 15.1. The second kappa shape index (κ2) is 4.95. The minimum Gasteiger partial charge on any atom is -0.368 e. The third-order valence-corrected chi connectivity index (χ3v) is 4.03. The van der Waals surface area contributed by atoms with Crippen LogP contribution in [0.25, 0.3) is 0 Å². The van der Waals surface area contributed by atoms with Crippen LogP contribution in [0, 0.1) is 17.1 Å². The van der Waals surface area contributed by atoms with Gasteiger partial charge in [0, 0.05) is 0 Å². The first-order chi connectivity index (χ1) is 8.60. The van der Waals surface area contributed by atoms with Crippen LogP contribution in [0.3, 0.4) is 0 Å². The van der Waals surface area contributed by atoms with E-state index < -0.39 is 32.9 Å². The van der Waals surface area contributed by atoms with E-state index in [0.717, 1.165) is 18.2 Å². The summed E-state index contributed by atoms with van der Waals surface area (Å²) in [5, 5.41) is 8.65. The topological polar surface area (TPSA) is 113 Å². The summed E-state index contributed by atoms with van der Waals surface area (Å²) in [5.41, 5.74) is 3.15. The van der Waals surface area contributed by atoms with Crippen LogP contribution in [-0.2, 0) is 14.8 Å². The largest absolute Gasteiger partial charge is 0.368 e. The summed E-state index contributed by atoms with van der Waals surface area (Å²) < 4.78 is 39.2. The van der Waals surface area contributed by atoms with Gasteiger partial charge in [-0.25, -0.2) is 12.8 Å². The molecule has 102 valence electrons. The number of hydrogen-bond acceptors (Lipinski definition) is 4. The van der Waals surface area contributed by atoms with Crippen molar-refractivity contribution in [3.63, 3.8) is 0 Å². The van der Waals surface area contributed by atoms with Gasteiger partial charge in [0.1, 0.15) is 17.4 Å². The number of rotatable bonds is 4. The van der Waals surface area contributed by atoms with E-state index in [1.54, 1.807) is 0 Å². The van der Waals surface area contributed by atoms with Crippen LogP contribution in [0.5, 0.6) is 0 Å². The Morgan fingerprint density at radius 1 is 1.47 bits per heavy atom. The molecule has 0 fully saturated rings. The van der Waals surface area contributed by atoms with Crippen LogP contribution in [-0.4, -0.2) is 19.9 Å². The van der Waals surface area contributed by atoms with Crippen LogP contribution in [0.2, 0.25) is 0 Å². The van der Waals surface area contributed by atoms with Gasteiger partial charge in [-0.15, -0.1) is 0 Å². The molecule has 0 heterocycles. The Bertz CT molecular complexity index is 662. The van der Waals surface area contributed by atoms with E-state index in [1.165, 1.54) is 19.9 Å². The second-order valence-corrected chi connectivity index (χ2v) is 6.03. The molecule has 3 N–H and O–H groups in total. The van der Waals surface area contributed by atoms with Gasteiger partial charge >= 0.3 is 0 Å². The van der Waals surface area contributed by atoms with Crippen molar-refractivity contribution in [3.05, 3.63) is 29.6 Å². The SMILES string of the molecule is CC(C)(NS(=O)(=O)c1ccc(F)c(C#N)c1)C(N)=O. The van der Waals surface area contributed by atoms with Crippen molar-refractivity contribution in [2.45, 2.75) is 24.3 Å². The molecule has 1 rings (SSSR count). The van der Waals surface area contributed by atoms with E-state index in [4.69, 9.17) is 11.0 Å². The smallest absolute Gasteiger partial charge is 0.241 e. The summed E-state index contributed by atoms with van der Waals surface area (Å²) in [6.45, 7) is 2.59. The second-order valence-electron chi connectivity index (χ2n) is 4.35. The Morgan fingerprint density at radius 3 is 2.53 bits per heavy atom. The van der Waals surface area contributed by atoms with Crippen molar-refractivity contribution in [2.24, 2.45) is 5.73 Å². The Morgan fingerprint density at radius 2 is 2.05 bits per heavy atom. The van der Waals surface area contributed by atoms with Crippen LogP contribution in [0.1, 0.15) is 19.4 Å². The van der Waals surface area contributed by atoms with Gasteiger partial charge in [0.2, 0.25) is 15.9 Å². The van der Waals surface area contributed by atoms with Gasteiger partial charge in [0.05, 0.1) is 10.5 Å². The molecule has 0 aliphatic carbocycles. The molecule has 0 saturated heterocycles. The van der Waals surface area contributed by atoms with Gasteiger partial charge < -0.3 is 5.73 Å². The van der Waals surface area contributed by atoms with E-state index >= 15 is 0 Å². The lowest BCUT2D eigenvalue weighted by molar-refractivity contribution is -0.122. The number of nitrogens with two attached hydrogens (primary N) is 1. The molecule has 8 heteroatoms. The fourth-order valence-corrected chi connectivity index (χ4v) is 2.61. The molecule has 0 aromatic heterocycles. The molecule has 0 aliphatic rings. The predicted molar refractivity (Wildman–Crippen MR) is 64.7 cm³/mol. The molecule has 1 amide bonds. The zero-order valence-corrected chi connectivity index (χ0v) is 11.1. The molecule has 0 unspecified atom stereocenters. The molecule has 0 bridgehead atoms. The summed E-state index contributed by atoms with van der Waals surface area (Å²) in [7, 11) is -4.08. The van der Waals surface area contributed by atoms with Crippen molar-refractivity contribution in [2.75, 3.05) is 0 Å². The third kappa shape index (κ3) is 3.27. The molecule has 1 aromatic rings. The van der Waals surface area contributed by atoms with E-state index in [1.807, 2.05) is 0 Å². The molecular formula is C11H12FN3O3S. The highest BCUT2D eigenvalue weighted by Crippen LogP contribution is 2.16. The number of carbonyl (C=O) groups is 1. The maximum Gasteiger partial charge on any atom is 0.241 e. The number of halogens is 1. The maximum absolute atomic E-state index is 13.1. The maximum atomic E-state index is 13.1. The van der Waals surface area contributed by atoms with Crippen molar-refractivity contribution >= 4 is 15.9 Å². The van der Waals surface area contributed by atoms with Gasteiger partial charge in [-0.2, -0.15) is 9.98 Å². The number of sulfonamides is 1. The average molecular weight is 285 g/mol. The third-order valence-electron chi connectivity index (χ3n) is 2.37. The molecule has 0 aliphatic heterocycles. The standard InChI is InChI=1S/C11H12FN3O3S/c1-11(2,10(14)16)15-19(17,18)8-3-4-9(12)7(5-8)6-13/h3-5,15H,1-2H3,(H2,14,16). The lowest BCUT2D eigenvalue weighted by Crippen LogP contribution is -2.52. The molecular weight excluding hydrogens is 273 g/mol. The lowest BCUT2D eigenvalue weighted by atomic mass is 10.1. The fourth-order valence-electron chi connectivity index (χ4n) is 1.20. The van der Waals surface area contributed by atoms with Gasteiger partial charge in [0.25, 0.3) is 0 Å². The number of benzene rings is 1. The Labute approximate surface area is 110 Å².